The number of hydrogen-bond donors (Lipinski definition) is 1. The lowest BCUT2D eigenvalue weighted by Gasteiger charge is -2.32. The van der Waals surface area contributed by atoms with Gasteiger partial charge >= 0.3 is 0 Å². The first kappa shape index (κ1) is 24.6. The third-order valence-electron chi connectivity index (χ3n) is 7.51. The van der Waals surface area contributed by atoms with Gasteiger partial charge in [0.15, 0.2) is 0 Å². The number of rotatable bonds is 5. The quantitative estimate of drug-likeness (QED) is 0.377. The zero-order chi connectivity index (χ0) is 26.8. The van der Waals surface area contributed by atoms with Gasteiger partial charge in [0.2, 0.25) is 0 Å². The molecule has 0 saturated carbocycles. The first-order chi connectivity index (χ1) is 18.1. The fourth-order valence-corrected chi connectivity index (χ4v) is 5.81. The van der Waals surface area contributed by atoms with Gasteiger partial charge in [-0.3, -0.25) is 14.6 Å². The highest BCUT2D eigenvalue weighted by Crippen LogP contribution is 2.43. The first-order valence-corrected chi connectivity index (χ1v) is 12.8. The van der Waals surface area contributed by atoms with Gasteiger partial charge in [0.05, 0.1) is 40.4 Å². The maximum Gasteiger partial charge on any atom is 0.141 e. The predicted octanol–water partition coefficient (Wildman–Crippen LogP) is 3.80. The van der Waals surface area contributed by atoms with E-state index < -0.39 is 5.60 Å². The Morgan fingerprint density at radius 1 is 1.08 bits per heavy atom. The monoisotopic (exact) mass is 518 g/mol. The highest BCUT2D eigenvalue weighted by atomic mass is 19.1. The van der Waals surface area contributed by atoms with Gasteiger partial charge < -0.3 is 14.4 Å². The average Bonchev–Trinajstić information content (AvgIpc) is 3.52. The van der Waals surface area contributed by atoms with Crippen LogP contribution in [0.2, 0.25) is 0 Å². The van der Waals surface area contributed by atoms with Crippen molar-refractivity contribution in [2.75, 3.05) is 13.2 Å². The largest absolute Gasteiger partial charge is 0.384 e. The summed E-state index contributed by atoms with van der Waals surface area (Å²) >= 11 is 0. The standard InChI is InChI=1S/C27H31FN8O2/c1-15-22(35(5)33-31-15)17-12-20-21(30-13-17)24-25(26(27(2,3)37)32-34(24)4)36(20)23(16-8-10-38-11-9-16)19-7-6-18(28)14-29-19/h6-7,12-14,16,23,37H,8-11H2,1-5H3. The van der Waals surface area contributed by atoms with Crippen molar-refractivity contribution in [3.05, 3.63) is 53.5 Å². The Labute approximate surface area is 219 Å². The van der Waals surface area contributed by atoms with Gasteiger partial charge in [0, 0.05) is 39.1 Å². The topological polar surface area (TPSA) is 109 Å². The Balaban J connectivity index is 1.73. The molecule has 38 heavy (non-hydrogen) atoms. The van der Waals surface area contributed by atoms with Crippen molar-refractivity contribution < 1.29 is 14.2 Å². The van der Waals surface area contributed by atoms with E-state index in [4.69, 9.17) is 14.8 Å². The predicted molar refractivity (Wildman–Crippen MR) is 140 cm³/mol. The summed E-state index contributed by atoms with van der Waals surface area (Å²) in [6.45, 7) is 6.67. The minimum absolute atomic E-state index is 0.166. The Morgan fingerprint density at radius 3 is 2.47 bits per heavy atom. The van der Waals surface area contributed by atoms with E-state index in [1.165, 1.54) is 12.3 Å². The summed E-state index contributed by atoms with van der Waals surface area (Å²) < 4.78 is 25.4. The molecule has 0 bridgehead atoms. The van der Waals surface area contributed by atoms with Crippen LogP contribution in [0, 0.1) is 18.7 Å². The van der Waals surface area contributed by atoms with E-state index >= 15 is 0 Å². The van der Waals surface area contributed by atoms with Gasteiger partial charge in [-0.2, -0.15) is 5.10 Å². The number of hydrogen-bond acceptors (Lipinski definition) is 7. The molecular formula is C27H31FN8O2. The van der Waals surface area contributed by atoms with Gasteiger partial charge in [-0.05, 0) is 57.7 Å². The zero-order valence-corrected chi connectivity index (χ0v) is 22.2. The third kappa shape index (κ3) is 3.88. The van der Waals surface area contributed by atoms with Crippen LogP contribution in [0.4, 0.5) is 4.39 Å². The number of nitrogens with zero attached hydrogens (tertiary/aromatic N) is 8. The lowest BCUT2D eigenvalue weighted by molar-refractivity contribution is 0.0542. The Morgan fingerprint density at radius 2 is 1.84 bits per heavy atom. The number of pyridine rings is 2. The van der Waals surface area contributed by atoms with E-state index in [1.54, 1.807) is 29.3 Å². The second-order valence-corrected chi connectivity index (χ2v) is 10.6. The zero-order valence-electron chi connectivity index (χ0n) is 22.2. The van der Waals surface area contributed by atoms with Crippen molar-refractivity contribution in [2.24, 2.45) is 20.0 Å². The van der Waals surface area contributed by atoms with Crippen molar-refractivity contribution in [2.45, 2.75) is 45.3 Å². The number of aromatic nitrogens is 8. The van der Waals surface area contributed by atoms with Crippen molar-refractivity contribution in [1.29, 1.82) is 0 Å². The Kier molecular flexibility index (Phi) is 5.80. The van der Waals surface area contributed by atoms with Crippen LogP contribution in [0.5, 0.6) is 0 Å². The van der Waals surface area contributed by atoms with Crippen LogP contribution in [0.25, 0.3) is 33.3 Å². The number of fused-ring (bicyclic) bond motifs is 3. The molecule has 5 aromatic rings. The van der Waals surface area contributed by atoms with Crippen LogP contribution in [0.15, 0.2) is 30.6 Å². The fourth-order valence-electron chi connectivity index (χ4n) is 5.81. The summed E-state index contributed by atoms with van der Waals surface area (Å²) in [7, 11) is 3.73. The molecule has 198 valence electrons. The maximum absolute atomic E-state index is 14.0. The van der Waals surface area contributed by atoms with E-state index in [0.717, 1.165) is 57.6 Å². The second-order valence-electron chi connectivity index (χ2n) is 10.6. The molecule has 10 nitrogen and oxygen atoms in total. The molecular weight excluding hydrogens is 487 g/mol. The second kappa shape index (κ2) is 8.95. The molecule has 11 heteroatoms. The van der Waals surface area contributed by atoms with Crippen molar-refractivity contribution >= 4 is 22.1 Å². The van der Waals surface area contributed by atoms with Crippen LogP contribution in [0.1, 0.15) is 49.8 Å². The summed E-state index contributed by atoms with van der Waals surface area (Å²) in [6, 6.07) is 5.04. The lowest BCUT2D eigenvalue weighted by atomic mass is 9.88. The Bertz CT molecular complexity index is 1620. The molecule has 5 aromatic heterocycles. The summed E-state index contributed by atoms with van der Waals surface area (Å²) in [5.74, 6) is -0.220. The highest BCUT2D eigenvalue weighted by Gasteiger charge is 2.36. The van der Waals surface area contributed by atoms with Gasteiger partial charge in [0.1, 0.15) is 28.1 Å². The smallest absolute Gasteiger partial charge is 0.141 e. The van der Waals surface area contributed by atoms with Gasteiger partial charge in [-0.25, -0.2) is 9.07 Å². The van der Waals surface area contributed by atoms with E-state index in [9.17, 15) is 9.50 Å². The van der Waals surface area contributed by atoms with Crippen LogP contribution < -0.4 is 0 Å². The summed E-state index contributed by atoms with van der Waals surface area (Å²) in [4.78, 5) is 9.47. The molecule has 1 N–H and O–H groups in total. The average molecular weight is 519 g/mol. The third-order valence-corrected chi connectivity index (χ3v) is 7.51. The van der Waals surface area contributed by atoms with E-state index in [2.05, 4.69) is 25.9 Å². The van der Waals surface area contributed by atoms with E-state index in [1.807, 2.05) is 27.2 Å². The van der Waals surface area contributed by atoms with Crippen LogP contribution >= 0.6 is 0 Å². The van der Waals surface area contributed by atoms with Gasteiger partial charge in [-0.15, -0.1) is 5.10 Å². The van der Waals surface area contributed by atoms with Crippen molar-refractivity contribution in [1.82, 2.24) is 39.3 Å². The molecule has 1 fully saturated rings. The first-order valence-electron chi connectivity index (χ1n) is 12.8. The molecule has 0 radical (unpaired) electrons. The van der Waals surface area contributed by atoms with Crippen molar-refractivity contribution in [3.8, 4) is 11.3 Å². The van der Waals surface area contributed by atoms with Crippen LogP contribution in [-0.2, 0) is 24.4 Å². The number of aryl methyl sites for hydroxylation is 3. The normalized spacial score (nSPS) is 16.1. The molecule has 1 saturated heterocycles. The maximum atomic E-state index is 14.0. The molecule has 0 amide bonds. The van der Waals surface area contributed by atoms with Crippen LogP contribution in [-0.4, -0.2) is 57.6 Å². The summed E-state index contributed by atoms with van der Waals surface area (Å²) in [5, 5.41) is 24.4. The molecule has 1 aliphatic rings. The SMILES string of the molecule is Cc1nnn(C)c1-c1cnc2c3c(c(C(C)(C)O)nn3C)n(C(c3ccc(F)cn3)C3CCOCC3)c2c1. The van der Waals surface area contributed by atoms with Crippen molar-refractivity contribution in [3.63, 3.8) is 0 Å². The molecule has 1 aliphatic heterocycles. The molecule has 0 aromatic carbocycles. The summed E-state index contributed by atoms with van der Waals surface area (Å²) in [6.07, 6.45) is 4.73. The molecule has 1 unspecified atom stereocenters. The highest BCUT2D eigenvalue weighted by molar-refractivity contribution is 6.06. The minimum atomic E-state index is -1.21. The molecule has 6 heterocycles. The van der Waals surface area contributed by atoms with Gasteiger partial charge in [-0.1, -0.05) is 5.21 Å². The van der Waals surface area contributed by atoms with Crippen LogP contribution in [0.3, 0.4) is 0 Å². The van der Waals surface area contributed by atoms with Gasteiger partial charge in [0.25, 0.3) is 0 Å². The lowest BCUT2D eigenvalue weighted by Crippen LogP contribution is -2.28. The molecule has 0 aliphatic carbocycles. The molecule has 6 rings (SSSR count). The fraction of sp³-hybridized carbons (Fsp3) is 0.444. The van der Waals surface area contributed by atoms with E-state index in [0.29, 0.717) is 18.9 Å². The number of aliphatic hydroxyl groups is 1. The molecule has 0 spiro atoms. The minimum Gasteiger partial charge on any atom is -0.384 e. The molecule has 1 atom stereocenters. The summed E-state index contributed by atoms with van der Waals surface area (Å²) in [5.41, 5.74) is 5.88. The number of ether oxygens (including phenoxy) is 1. The van der Waals surface area contributed by atoms with E-state index in [-0.39, 0.29) is 17.8 Å². The number of halogens is 1. The Hall–Kier alpha value is -3.70.